The van der Waals surface area contributed by atoms with Gasteiger partial charge in [-0.15, -0.1) is 6.42 Å². The predicted molar refractivity (Wildman–Crippen MR) is 79.6 cm³/mol. The van der Waals surface area contributed by atoms with Crippen molar-refractivity contribution in [2.24, 2.45) is 0 Å². The lowest BCUT2D eigenvalue weighted by atomic mass is 10.0. The van der Waals surface area contributed by atoms with Gasteiger partial charge in [-0.1, -0.05) is 12.0 Å². The van der Waals surface area contributed by atoms with E-state index in [1.54, 1.807) is 7.11 Å². The van der Waals surface area contributed by atoms with Crippen LogP contribution in [-0.2, 0) is 0 Å². The van der Waals surface area contributed by atoms with Crippen molar-refractivity contribution >= 4 is 5.69 Å². The van der Waals surface area contributed by atoms with Crippen LogP contribution in [0.5, 0.6) is 5.75 Å². The highest BCUT2D eigenvalue weighted by Gasteiger charge is 2.19. The molecule has 1 heterocycles. The molecule has 1 aromatic rings. The molecule has 3 heteroatoms. The maximum absolute atomic E-state index is 5.43. The van der Waals surface area contributed by atoms with Gasteiger partial charge in [0, 0.05) is 19.1 Å². The summed E-state index contributed by atoms with van der Waals surface area (Å²) in [4.78, 5) is 2.32. The van der Waals surface area contributed by atoms with Crippen LogP contribution in [0.3, 0.4) is 0 Å². The zero-order valence-electron chi connectivity index (χ0n) is 11.8. The van der Waals surface area contributed by atoms with Gasteiger partial charge in [-0.3, -0.25) is 4.90 Å². The van der Waals surface area contributed by atoms with Crippen LogP contribution in [0.2, 0.25) is 0 Å². The fourth-order valence-corrected chi connectivity index (χ4v) is 2.50. The third kappa shape index (κ3) is 3.65. The Morgan fingerprint density at radius 1 is 1.42 bits per heavy atom. The minimum Gasteiger partial charge on any atom is -0.495 e. The fraction of sp³-hybridized carbons (Fsp3) is 0.500. The first kappa shape index (κ1) is 13.8. The van der Waals surface area contributed by atoms with Crippen LogP contribution in [-0.4, -0.2) is 37.7 Å². The maximum Gasteiger partial charge on any atom is 0.142 e. The van der Waals surface area contributed by atoms with Gasteiger partial charge in [0.2, 0.25) is 0 Å². The maximum atomic E-state index is 5.43. The van der Waals surface area contributed by atoms with Crippen LogP contribution < -0.4 is 10.1 Å². The number of nitrogens with zero attached hydrogens (tertiary/aromatic N) is 1. The predicted octanol–water partition coefficient (Wildman–Crippen LogP) is 2.51. The number of benzene rings is 1. The first-order valence-corrected chi connectivity index (χ1v) is 6.80. The number of ether oxygens (including phenoxy) is 1. The molecule has 0 radical (unpaired) electrons. The number of anilines is 1. The summed E-state index contributed by atoms with van der Waals surface area (Å²) in [7, 11) is 1.72. The molecular formula is C16H22N2O. The number of nitrogens with one attached hydrogen (secondary N) is 1. The third-order valence-electron chi connectivity index (χ3n) is 3.62. The van der Waals surface area contributed by atoms with E-state index in [9.17, 15) is 0 Å². The minimum atomic E-state index is 0.505. The summed E-state index contributed by atoms with van der Waals surface area (Å²) in [6.07, 6.45) is 7.59. The smallest absolute Gasteiger partial charge is 0.142 e. The highest BCUT2D eigenvalue weighted by Crippen LogP contribution is 2.27. The van der Waals surface area contributed by atoms with Crippen molar-refractivity contribution in [3.05, 3.63) is 23.8 Å². The number of aryl methyl sites for hydroxylation is 1. The van der Waals surface area contributed by atoms with Crippen LogP contribution in [0, 0.1) is 19.3 Å². The minimum absolute atomic E-state index is 0.505. The first-order valence-electron chi connectivity index (χ1n) is 6.80. The van der Waals surface area contributed by atoms with E-state index in [1.807, 2.05) is 0 Å². The van der Waals surface area contributed by atoms with E-state index in [1.165, 1.54) is 5.56 Å². The van der Waals surface area contributed by atoms with Crippen LogP contribution in [0.25, 0.3) is 0 Å². The molecule has 0 bridgehead atoms. The monoisotopic (exact) mass is 258 g/mol. The fourth-order valence-electron chi connectivity index (χ4n) is 2.50. The SMILES string of the molecule is C#CCN1CCC(Nc2ccc(C)cc2OC)CC1. The molecular weight excluding hydrogens is 236 g/mol. The van der Waals surface area contributed by atoms with E-state index >= 15 is 0 Å². The van der Waals surface area contributed by atoms with Gasteiger partial charge in [-0.05, 0) is 37.5 Å². The average molecular weight is 258 g/mol. The number of methoxy groups -OCH3 is 1. The molecule has 1 saturated heterocycles. The Bertz CT molecular complexity index is 456. The van der Waals surface area contributed by atoms with Gasteiger partial charge >= 0.3 is 0 Å². The highest BCUT2D eigenvalue weighted by molar-refractivity contribution is 5.58. The number of piperidine rings is 1. The van der Waals surface area contributed by atoms with Gasteiger partial charge in [-0.25, -0.2) is 0 Å². The lowest BCUT2D eigenvalue weighted by Crippen LogP contribution is -2.39. The van der Waals surface area contributed by atoms with Crippen molar-refractivity contribution in [2.75, 3.05) is 32.1 Å². The Balaban J connectivity index is 1.94. The largest absolute Gasteiger partial charge is 0.495 e. The molecule has 3 nitrogen and oxygen atoms in total. The van der Waals surface area contributed by atoms with Crippen LogP contribution >= 0.6 is 0 Å². The number of terminal acetylenes is 1. The first-order chi connectivity index (χ1) is 9.22. The summed E-state index contributed by atoms with van der Waals surface area (Å²) in [5, 5.41) is 3.59. The summed E-state index contributed by atoms with van der Waals surface area (Å²) < 4.78 is 5.43. The molecule has 0 aliphatic carbocycles. The van der Waals surface area contributed by atoms with Crippen molar-refractivity contribution in [1.82, 2.24) is 4.90 Å². The highest BCUT2D eigenvalue weighted by atomic mass is 16.5. The van der Waals surface area contributed by atoms with E-state index in [-0.39, 0.29) is 0 Å². The van der Waals surface area contributed by atoms with Gasteiger partial charge in [-0.2, -0.15) is 0 Å². The Kier molecular flexibility index (Phi) is 4.70. The quantitative estimate of drug-likeness (QED) is 0.840. The van der Waals surface area contributed by atoms with Crippen LogP contribution in [0.1, 0.15) is 18.4 Å². The molecule has 0 amide bonds. The Labute approximate surface area is 115 Å². The molecule has 1 aromatic carbocycles. The van der Waals surface area contributed by atoms with Gasteiger partial charge in [0.1, 0.15) is 5.75 Å². The summed E-state index contributed by atoms with van der Waals surface area (Å²) in [5.41, 5.74) is 2.30. The molecule has 0 unspecified atom stereocenters. The second kappa shape index (κ2) is 6.49. The van der Waals surface area contributed by atoms with E-state index in [0.29, 0.717) is 6.04 Å². The van der Waals surface area contributed by atoms with E-state index in [2.05, 4.69) is 41.3 Å². The van der Waals surface area contributed by atoms with Gasteiger partial charge in [0.05, 0.1) is 19.3 Å². The molecule has 19 heavy (non-hydrogen) atoms. The van der Waals surface area contributed by atoms with Gasteiger partial charge < -0.3 is 10.1 Å². The normalized spacial score (nSPS) is 16.9. The number of likely N-dealkylation sites (tertiary alicyclic amines) is 1. The molecule has 0 saturated carbocycles. The molecule has 2 rings (SSSR count). The van der Waals surface area contributed by atoms with Crippen molar-refractivity contribution in [2.45, 2.75) is 25.8 Å². The summed E-state index contributed by atoms with van der Waals surface area (Å²) >= 11 is 0. The van der Waals surface area contributed by atoms with E-state index in [4.69, 9.17) is 11.2 Å². The molecule has 1 fully saturated rings. The lowest BCUT2D eigenvalue weighted by molar-refractivity contribution is 0.243. The summed E-state index contributed by atoms with van der Waals surface area (Å²) in [5.74, 6) is 3.63. The summed E-state index contributed by atoms with van der Waals surface area (Å²) in [6.45, 7) is 4.97. The zero-order chi connectivity index (χ0) is 13.7. The molecule has 0 aromatic heterocycles. The second-order valence-electron chi connectivity index (χ2n) is 5.10. The lowest BCUT2D eigenvalue weighted by Gasteiger charge is -2.32. The van der Waals surface area contributed by atoms with Crippen LogP contribution in [0.4, 0.5) is 5.69 Å². The number of rotatable bonds is 4. The zero-order valence-corrected chi connectivity index (χ0v) is 11.8. The van der Waals surface area contributed by atoms with Crippen LogP contribution in [0.15, 0.2) is 18.2 Å². The van der Waals surface area contributed by atoms with Crippen molar-refractivity contribution in [3.8, 4) is 18.1 Å². The molecule has 102 valence electrons. The van der Waals surface area contributed by atoms with Gasteiger partial charge in [0.15, 0.2) is 0 Å². The Morgan fingerprint density at radius 2 is 2.16 bits per heavy atom. The molecule has 1 N–H and O–H groups in total. The molecule has 0 spiro atoms. The molecule has 1 aliphatic rings. The number of hydrogen-bond donors (Lipinski definition) is 1. The second-order valence-corrected chi connectivity index (χ2v) is 5.10. The van der Waals surface area contributed by atoms with Crippen molar-refractivity contribution in [3.63, 3.8) is 0 Å². The molecule has 1 aliphatic heterocycles. The van der Waals surface area contributed by atoms with E-state index in [0.717, 1.165) is 43.9 Å². The topological polar surface area (TPSA) is 24.5 Å². The van der Waals surface area contributed by atoms with E-state index < -0.39 is 0 Å². The standard InChI is InChI=1S/C16H22N2O/c1-4-9-18-10-7-14(8-11-18)17-15-6-5-13(2)12-16(15)19-3/h1,5-6,12,14,17H,7-11H2,2-3H3. The Morgan fingerprint density at radius 3 is 2.79 bits per heavy atom. The average Bonchev–Trinajstić information content (AvgIpc) is 2.43. The van der Waals surface area contributed by atoms with Gasteiger partial charge in [0.25, 0.3) is 0 Å². The molecule has 0 atom stereocenters. The third-order valence-corrected chi connectivity index (χ3v) is 3.62. The summed E-state index contributed by atoms with van der Waals surface area (Å²) in [6, 6.07) is 6.78. The van der Waals surface area contributed by atoms with Crippen molar-refractivity contribution < 1.29 is 4.74 Å². The van der Waals surface area contributed by atoms with Crippen molar-refractivity contribution in [1.29, 1.82) is 0 Å². The number of hydrogen-bond acceptors (Lipinski definition) is 3. The Hall–Kier alpha value is -1.66.